The van der Waals surface area contributed by atoms with Crippen molar-refractivity contribution >= 4 is 5.91 Å². The molecule has 1 aromatic carbocycles. The fourth-order valence-corrected chi connectivity index (χ4v) is 1.98. The number of carbonyl (C=O) groups is 1. The summed E-state index contributed by atoms with van der Waals surface area (Å²) >= 11 is 0. The summed E-state index contributed by atoms with van der Waals surface area (Å²) in [6, 6.07) is 6.21. The van der Waals surface area contributed by atoms with Gasteiger partial charge < -0.3 is 11.1 Å². The molecule has 124 valence electrons. The van der Waals surface area contributed by atoms with E-state index in [1.807, 2.05) is 0 Å². The molecule has 8 heteroatoms. The van der Waals surface area contributed by atoms with Gasteiger partial charge in [0.2, 0.25) is 0 Å². The number of aromatic nitrogens is 2. The molecule has 0 unspecified atom stereocenters. The van der Waals surface area contributed by atoms with Gasteiger partial charge in [-0.2, -0.15) is 18.3 Å². The molecule has 0 fully saturated rings. The Bertz CT molecular complexity index is 667. The van der Waals surface area contributed by atoms with Crippen LogP contribution in [0.25, 0.3) is 5.69 Å². The van der Waals surface area contributed by atoms with Gasteiger partial charge in [-0.05, 0) is 43.7 Å². The number of halogens is 3. The van der Waals surface area contributed by atoms with Crippen LogP contribution in [-0.4, -0.2) is 28.8 Å². The molecule has 0 aliphatic carbocycles. The van der Waals surface area contributed by atoms with Gasteiger partial charge in [0.1, 0.15) is 0 Å². The van der Waals surface area contributed by atoms with Crippen molar-refractivity contribution in [3.05, 3.63) is 47.8 Å². The zero-order valence-electron chi connectivity index (χ0n) is 12.3. The molecule has 0 saturated heterocycles. The number of nitrogens with one attached hydrogen (secondary N) is 1. The molecular weight excluding hydrogens is 309 g/mol. The third kappa shape index (κ3) is 4.56. The molecule has 1 aromatic heterocycles. The number of unbranched alkanes of at least 4 members (excludes halogenated alkanes) is 1. The van der Waals surface area contributed by atoms with Gasteiger partial charge in [0.05, 0.1) is 11.3 Å². The van der Waals surface area contributed by atoms with E-state index < -0.39 is 11.7 Å². The van der Waals surface area contributed by atoms with E-state index in [4.69, 9.17) is 5.73 Å². The van der Waals surface area contributed by atoms with Gasteiger partial charge in [-0.15, -0.1) is 0 Å². The molecule has 0 aliphatic heterocycles. The zero-order valence-corrected chi connectivity index (χ0v) is 12.3. The Kier molecular flexibility index (Phi) is 5.38. The largest absolute Gasteiger partial charge is 0.416 e. The Hall–Kier alpha value is -2.35. The van der Waals surface area contributed by atoms with Gasteiger partial charge in [0.15, 0.2) is 5.69 Å². The van der Waals surface area contributed by atoms with Crippen LogP contribution in [0.4, 0.5) is 13.2 Å². The third-order valence-electron chi connectivity index (χ3n) is 3.18. The monoisotopic (exact) mass is 326 g/mol. The first kappa shape index (κ1) is 17.0. The van der Waals surface area contributed by atoms with Gasteiger partial charge in [-0.1, -0.05) is 6.07 Å². The lowest BCUT2D eigenvalue weighted by atomic mass is 10.2. The molecule has 0 radical (unpaired) electrons. The molecule has 0 saturated carbocycles. The lowest BCUT2D eigenvalue weighted by Gasteiger charge is -2.08. The number of rotatable bonds is 6. The molecule has 1 amide bonds. The molecule has 3 N–H and O–H groups in total. The summed E-state index contributed by atoms with van der Waals surface area (Å²) < 4.78 is 39.4. The van der Waals surface area contributed by atoms with Crippen LogP contribution in [0.3, 0.4) is 0 Å². The van der Waals surface area contributed by atoms with E-state index in [0.717, 1.165) is 25.0 Å². The highest BCUT2D eigenvalue weighted by atomic mass is 19.4. The average molecular weight is 326 g/mol. The Labute approximate surface area is 131 Å². The fourth-order valence-electron chi connectivity index (χ4n) is 1.98. The van der Waals surface area contributed by atoms with Gasteiger partial charge in [0, 0.05) is 12.7 Å². The lowest BCUT2D eigenvalue weighted by Crippen LogP contribution is -2.25. The van der Waals surface area contributed by atoms with Crippen molar-refractivity contribution in [2.75, 3.05) is 13.1 Å². The maximum atomic E-state index is 12.7. The normalized spacial score (nSPS) is 11.5. The first-order valence-electron chi connectivity index (χ1n) is 7.13. The fraction of sp³-hybridized carbons (Fsp3) is 0.333. The molecule has 0 aliphatic rings. The number of alkyl halides is 3. The van der Waals surface area contributed by atoms with E-state index >= 15 is 0 Å². The van der Waals surface area contributed by atoms with Crippen LogP contribution in [0.15, 0.2) is 36.5 Å². The van der Waals surface area contributed by atoms with Crippen molar-refractivity contribution in [1.82, 2.24) is 15.1 Å². The second kappa shape index (κ2) is 7.28. The maximum absolute atomic E-state index is 12.7. The van der Waals surface area contributed by atoms with Crippen LogP contribution in [-0.2, 0) is 6.18 Å². The topological polar surface area (TPSA) is 72.9 Å². The Morgan fingerprint density at radius 1 is 1.26 bits per heavy atom. The van der Waals surface area contributed by atoms with Gasteiger partial charge in [0.25, 0.3) is 5.91 Å². The zero-order chi connectivity index (χ0) is 16.9. The van der Waals surface area contributed by atoms with E-state index in [-0.39, 0.29) is 17.3 Å². The highest BCUT2D eigenvalue weighted by Gasteiger charge is 2.30. The number of hydrogen-bond acceptors (Lipinski definition) is 3. The molecule has 5 nitrogen and oxygen atoms in total. The van der Waals surface area contributed by atoms with Crippen molar-refractivity contribution in [1.29, 1.82) is 0 Å². The number of nitrogens with two attached hydrogens (primary N) is 1. The lowest BCUT2D eigenvalue weighted by molar-refractivity contribution is -0.137. The molecular formula is C15H17F3N4O. The minimum Gasteiger partial charge on any atom is -0.351 e. The summed E-state index contributed by atoms with van der Waals surface area (Å²) in [6.07, 6.45) is -1.41. The minimum atomic E-state index is -4.42. The highest BCUT2D eigenvalue weighted by molar-refractivity contribution is 5.92. The molecule has 1 heterocycles. The van der Waals surface area contributed by atoms with Crippen molar-refractivity contribution in [3.8, 4) is 5.69 Å². The van der Waals surface area contributed by atoms with E-state index in [1.165, 1.54) is 29.1 Å². The van der Waals surface area contributed by atoms with Gasteiger partial charge in [-0.25, -0.2) is 4.68 Å². The van der Waals surface area contributed by atoms with Crippen LogP contribution < -0.4 is 11.1 Å². The van der Waals surface area contributed by atoms with Crippen LogP contribution in [0.5, 0.6) is 0 Å². The number of hydrogen-bond donors (Lipinski definition) is 2. The van der Waals surface area contributed by atoms with Gasteiger partial charge >= 0.3 is 6.18 Å². The predicted molar refractivity (Wildman–Crippen MR) is 79.2 cm³/mol. The summed E-state index contributed by atoms with van der Waals surface area (Å²) in [4.78, 5) is 11.9. The molecule has 0 spiro atoms. The summed E-state index contributed by atoms with van der Waals surface area (Å²) in [5, 5.41) is 6.70. The predicted octanol–water partition coefficient (Wildman–Crippen LogP) is 2.36. The van der Waals surface area contributed by atoms with E-state index in [1.54, 1.807) is 0 Å². The maximum Gasteiger partial charge on any atom is 0.416 e. The summed E-state index contributed by atoms with van der Waals surface area (Å²) in [5.74, 6) is -0.368. The molecule has 0 atom stereocenters. The molecule has 23 heavy (non-hydrogen) atoms. The third-order valence-corrected chi connectivity index (χ3v) is 3.18. The van der Waals surface area contributed by atoms with Crippen molar-refractivity contribution in [2.24, 2.45) is 5.73 Å². The summed E-state index contributed by atoms with van der Waals surface area (Å²) in [7, 11) is 0. The number of carbonyl (C=O) groups excluding carboxylic acids is 1. The second-order valence-corrected chi connectivity index (χ2v) is 4.95. The van der Waals surface area contributed by atoms with E-state index in [2.05, 4.69) is 10.4 Å². The standard InChI is InChI=1S/C15H17F3N4O/c16-15(17,18)11-4-3-5-12(10-11)22-9-6-13(21-22)14(23)20-8-2-1-7-19/h3-6,9-10H,1-2,7-8,19H2,(H,20,23). The molecule has 0 bridgehead atoms. The van der Waals surface area contributed by atoms with E-state index in [9.17, 15) is 18.0 Å². The number of amides is 1. The second-order valence-electron chi connectivity index (χ2n) is 4.95. The summed E-state index contributed by atoms with van der Waals surface area (Å²) in [5.41, 5.74) is 4.98. The smallest absolute Gasteiger partial charge is 0.351 e. The van der Waals surface area contributed by atoms with Crippen LogP contribution >= 0.6 is 0 Å². The Balaban J connectivity index is 2.09. The van der Waals surface area contributed by atoms with Gasteiger partial charge in [-0.3, -0.25) is 4.79 Å². The van der Waals surface area contributed by atoms with E-state index in [0.29, 0.717) is 13.1 Å². The van der Waals surface area contributed by atoms with Crippen molar-refractivity contribution in [2.45, 2.75) is 19.0 Å². The molecule has 2 rings (SSSR count). The van der Waals surface area contributed by atoms with Crippen LogP contribution in [0, 0.1) is 0 Å². The first-order valence-corrected chi connectivity index (χ1v) is 7.13. The van der Waals surface area contributed by atoms with Crippen molar-refractivity contribution < 1.29 is 18.0 Å². The van der Waals surface area contributed by atoms with Crippen LogP contribution in [0.2, 0.25) is 0 Å². The van der Waals surface area contributed by atoms with Crippen LogP contribution in [0.1, 0.15) is 28.9 Å². The Morgan fingerprint density at radius 3 is 2.74 bits per heavy atom. The highest BCUT2D eigenvalue weighted by Crippen LogP contribution is 2.30. The quantitative estimate of drug-likeness (QED) is 0.801. The summed E-state index contributed by atoms with van der Waals surface area (Å²) in [6.45, 7) is 1.03. The Morgan fingerprint density at radius 2 is 2.04 bits per heavy atom. The number of nitrogens with zero attached hydrogens (tertiary/aromatic N) is 2. The molecule has 2 aromatic rings. The number of benzene rings is 1. The first-order chi connectivity index (χ1) is 10.9. The SMILES string of the molecule is NCCCCNC(=O)c1ccn(-c2cccc(C(F)(F)F)c2)n1. The van der Waals surface area contributed by atoms with Crippen molar-refractivity contribution in [3.63, 3.8) is 0 Å². The average Bonchev–Trinajstić information content (AvgIpc) is 3.01. The minimum absolute atomic E-state index is 0.148.